The first-order valence-corrected chi connectivity index (χ1v) is 8.36. The number of amides is 2. The standard InChI is InChI=1S/C20H24N2O3/c1-15-8-9-18(16(2)14-15)25-13-10-19(23)21-11-12-22-20(24)17-6-4-3-5-7-17/h3-9,14H,10-13H2,1-2H3,(H,21,23)(H,22,24). The van der Waals surface area contributed by atoms with Crippen molar-refractivity contribution in [2.24, 2.45) is 0 Å². The van der Waals surface area contributed by atoms with E-state index in [4.69, 9.17) is 4.74 Å². The fourth-order valence-electron chi connectivity index (χ4n) is 2.37. The molecule has 0 saturated carbocycles. The van der Waals surface area contributed by atoms with Crippen molar-refractivity contribution >= 4 is 11.8 Å². The highest BCUT2D eigenvalue weighted by molar-refractivity contribution is 5.94. The zero-order valence-corrected chi connectivity index (χ0v) is 14.7. The van der Waals surface area contributed by atoms with Crippen molar-refractivity contribution < 1.29 is 14.3 Å². The Kier molecular flexibility index (Phi) is 7.01. The average Bonchev–Trinajstić information content (AvgIpc) is 2.61. The summed E-state index contributed by atoms with van der Waals surface area (Å²) in [6.45, 7) is 5.11. The van der Waals surface area contributed by atoms with Crippen LogP contribution in [0.25, 0.3) is 0 Å². The van der Waals surface area contributed by atoms with Crippen LogP contribution in [0.1, 0.15) is 27.9 Å². The van der Waals surface area contributed by atoms with Crippen LogP contribution in [0.3, 0.4) is 0 Å². The van der Waals surface area contributed by atoms with Crippen LogP contribution in [0, 0.1) is 13.8 Å². The predicted octanol–water partition coefficient (Wildman–Crippen LogP) is 2.62. The largest absolute Gasteiger partial charge is 0.493 e. The molecule has 0 fully saturated rings. The molecule has 0 aromatic heterocycles. The van der Waals surface area contributed by atoms with Gasteiger partial charge in [0, 0.05) is 18.7 Å². The van der Waals surface area contributed by atoms with Crippen LogP contribution in [0.15, 0.2) is 48.5 Å². The molecule has 25 heavy (non-hydrogen) atoms. The van der Waals surface area contributed by atoms with Gasteiger partial charge in [0.25, 0.3) is 5.91 Å². The van der Waals surface area contributed by atoms with Gasteiger partial charge in [0.05, 0.1) is 13.0 Å². The van der Waals surface area contributed by atoms with E-state index in [1.165, 1.54) is 5.56 Å². The quantitative estimate of drug-likeness (QED) is 0.726. The number of nitrogens with one attached hydrogen (secondary N) is 2. The van der Waals surface area contributed by atoms with Gasteiger partial charge in [-0.1, -0.05) is 35.9 Å². The van der Waals surface area contributed by atoms with E-state index >= 15 is 0 Å². The van der Waals surface area contributed by atoms with Gasteiger partial charge >= 0.3 is 0 Å². The smallest absolute Gasteiger partial charge is 0.251 e. The lowest BCUT2D eigenvalue weighted by atomic mass is 10.1. The molecule has 2 rings (SSSR count). The molecule has 132 valence electrons. The monoisotopic (exact) mass is 340 g/mol. The molecule has 0 saturated heterocycles. The molecule has 0 aliphatic rings. The highest BCUT2D eigenvalue weighted by atomic mass is 16.5. The molecule has 0 unspecified atom stereocenters. The minimum absolute atomic E-state index is 0.0984. The Balaban J connectivity index is 1.60. The summed E-state index contributed by atoms with van der Waals surface area (Å²) in [7, 11) is 0. The first kappa shape index (κ1) is 18.5. The van der Waals surface area contributed by atoms with Crippen LogP contribution in [0.5, 0.6) is 5.75 Å². The van der Waals surface area contributed by atoms with Crippen LogP contribution >= 0.6 is 0 Å². The highest BCUT2D eigenvalue weighted by Gasteiger charge is 2.05. The van der Waals surface area contributed by atoms with E-state index in [0.717, 1.165) is 11.3 Å². The normalized spacial score (nSPS) is 10.2. The van der Waals surface area contributed by atoms with Crippen molar-refractivity contribution in [2.75, 3.05) is 19.7 Å². The minimum Gasteiger partial charge on any atom is -0.493 e. The number of carbonyl (C=O) groups is 2. The number of benzene rings is 2. The zero-order chi connectivity index (χ0) is 18.1. The maximum absolute atomic E-state index is 11.8. The van der Waals surface area contributed by atoms with Gasteiger partial charge in [-0.2, -0.15) is 0 Å². The van der Waals surface area contributed by atoms with Crippen molar-refractivity contribution in [1.29, 1.82) is 0 Å². The Bertz CT molecular complexity index is 714. The number of hydrogen-bond donors (Lipinski definition) is 2. The molecule has 0 atom stereocenters. The van der Waals surface area contributed by atoms with E-state index < -0.39 is 0 Å². The van der Waals surface area contributed by atoms with Crippen LogP contribution in [-0.2, 0) is 4.79 Å². The van der Waals surface area contributed by atoms with Gasteiger partial charge in [0.2, 0.25) is 5.91 Å². The van der Waals surface area contributed by atoms with Crippen molar-refractivity contribution in [3.8, 4) is 5.75 Å². The molecule has 0 aliphatic heterocycles. The van der Waals surface area contributed by atoms with Gasteiger partial charge in [0.15, 0.2) is 0 Å². The van der Waals surface area contributed by atoms with Crippen molar-refractivity contribution in [3.05, 3.63) is 65.2 Å². The lowest BCUT2D eigenvalue weighted by Gasteiger charge is -2.10. The van der Waals surface area contributed by atoms with E-state index in [1.54, 1.807) is 12.1 Å². The van der Waals surface area contributed by atoms with Gasteiger partial charge in [0.1, 0.15) is 5.75 Å². The van der Waals surface area contributed by atoms with Gasteiger partial charge in [-0.15, -0.1) is 0 Å². The predicted molar refractivity (Wildman–Crippen MR) is 97.8 cm³/mol. The lowest BCUT2D eigenvalue weighted by Crippen LogP contribution is -2.35. The van der Waals surface area contributed by atoms with Crippen LogP contribution < -0.4 is 15.4 Å². The number of aryl methyl sites for hydroxylation is 2. The van der Waals surface area contributed by atoms with E-state index in [0.29, 0.717) is 25.3 Å². The molecular formula is C20H24N2O3. The molecule has 0 heterocycles. The minimum atomic E-state index is -0.145. The maximum atomic E-state index is 11.8. The molecule has 5 heteroatoms. The summed E-state index contributed by atoms with van der Waals surface area (Å²) in [4.78, 5) is 23.6. The van der Waals surface area contributed by atoms with E-state index in [9.17, 15) is 9.59 Å². The fourth-order valence-corrected chi connectivity index (χ4v) is 2.37. The van der Waals surface area contributed by atoms with Crippen LogP contribution in [0.2, 0.25) is 0 Å². The first-order chi connectivity index (χ1) is 12.1. The van der Waals surface area contributed by atoms with Crippen molar-refractivity contribution in [1.82, 2.24) is 10.6 Å². The van der Waals surface area contributed by atoms with Crippen molar-refractivity contribution in [3.63, 3.8) is 0 Å². The number of ether oxygens (including phenoxy) is 1. The SMILES string of the molecule is Cc1ccc(OCCC(=O)NCCNC(=O)c2ccccc2)c(C)c1. The average molecular weight is 340 g/mol. The topological polar surface area (TPSA) is 67.4 Å². The van der Waals surface area contributed by atoms with E-state index in [2.05, 4.69) is 10.6 Å². The maximum Gasteiger partial charge on any atom is 0.251 e. The summed E-state index contributed by atoms with van der Waals surface area (Å²) < 4.78 is 5.63. The van der Waals surface area contributed by atoms with E-state index in [-0.39, 0.29) is 18.2 Å². The summed E-state index contributed by atoms with van der Waals surface area (Å²) in [5, 5.41) is 5.53. The Morgan fingerprint density at radius 1 is 0.960 bits per heavy atom. The van der Waals surface area contributed by atoms with Gasteiger partial charge < -0.3 is 15.4 Å². The second-order valence-electron chi connectivity index (χ2n) is 5.84. The second-order valence-corrected chi connectivity index (χ2v) is 5.84. The Morgan fingerprint density at radius 3 is 2.40 bits per heavy atom. The summed E-state index contributed by atoms with van der Waals surface area (Å²) in [5.41, 5.74) is 2.85. The summed E-state index contributed by atoms with van der Waals surface area (Å²) in [6.07, 6.45) is 0.278. The molecule has 0 bridgehead atoms. The second kappa shape index (κ2) is 9.47. The molecule has 0 radical (unpaired) electrons. The molecule has 2 amide bonds. The lowest BCUT2D eigenvalue weighted by molar-refractivity contribution is -0.121. The van der Waals surface area contributed by atoms with Gasteiger partial charge in [-0.25, -0.2) is 0 Å². The van der Waals surface area contributed by atoms with E-state index in [1.807, 2.05) is 50.2 Å². The summed E-state index contributed by atoms with van der Waals surface area (Å²) in [6, 6.07) is 14.9. The van der Waals surface area contributed by atoms with Crippen LogP contribution in [-0.4, -0.2) is 31.5 Å². The molecular weight excluding hydrogens is 316 g/mol. The Labute approximate surface area is 148 Å². The Morgan fingerprint density at radius 2 is 1.68 bits per heavy atom. The molecule has 0 spiro atoms. The third kappa shape index (κ3) is 6.30. The third-order valence-corrected chi connectivity index (χ3v) is 3.69. The number of hydrogen-bond acceptors (Lipinski definition) is 3. The fraction of sp³-hybridized carbons (Fsp3) is 0.300. The molecule has 2 aromatic carbocycles. The Hall–Kier alpha value is -2.82. The molecule has 2 N–H and O–H groups in total. The third-order valence-electron chi connectivity index (χ3n) is 3.69. The summed E-state index contributed by atoms with van der Waals surface area (Å²) in [5.74, 6) is 0.556. The summed E-state index contributed by atoms with van der Waals surface area (Å²) >= 11 is 0. The molecule has 5 nitrogen and oxygen atoms in total. The van der Waals surface area contributed by atoms with Crippen LogP contribution in [0.4, 0.5) is 0 Å². The number of rotatable bonds is 8. The van der Waals surface area contributed by atoms with Gasteiger partial charge in [-0.05, 0) is 37.6 Å². The molecule has 2 aromatic rings. The highest BCUT2D eigenvalue weighted by Crippen LogP contribution is 2.18. The van der Waals surface area contributed by atoms with Gasteiger partial charge in [-0.3, -0.25) is 9.59 Å². The zero-order valence-electron chi connectivity index (χ0n) is 14.7. The first-order valence-electron chi connectivity index (χ1n) is 8.36. The molecule has 0 aliphatic carbocycles. The van der Waals surface area contributed by atoms with Crippen molar-refractivity contribution in [2.45, 2.75) is 20.3 Å². The number of carbonyl (C=O) groups excluding carboxylic acids is 2.